The Balaban J connectivity index is 2.37. The normalized spacial score (nSPS) is 11.4. The first-order valence-corrected chi connectivity index (χ1v) is 7.74. The maximum absolute atomic E-state index is 6.06. The predicted molar refractivity (Wildman–Crippen MR) is 87.4 cm³/mol. The van der Waals surface area contributed by atoms with Crippen LogP contribution in [0.3, 0.4) is 0 Å². The molecule has 0 radical (unpaired) electrons. The first-order valence-electron chi connectivity index (χ1n) is 6.16. The van der Waals surface area contributed by atoms with Crippen molar-refractivity contribution in [2.75, 3.05) is 0 Å². The lowest BCUT2D eigenvalue weighted by Crippen LogP contribution is -2.03. The van der Waals surface area contributed by atoms with Crippen molar-refractivity contribution < 1.29 is 0 Å². The molecule has 0 spiro atoms. The van der Waals surface area contributed by atoms with Crippen LogP contribution in [-0.2, 0) is 6.54 Å². The van der Waals surface area contributed by atoms with Gasteiger partial charge in [-0.05, 0) is 60.2 Å². The lowest BCUT2D eigenvalue weighted by molar-refractivity contribution is 0.662. The molecular weight excluding hydrogens is 360 g/mol. The number of nitrogens with one attached hydrogen (secondary N) is 1. The number of imidazole rings is 1. The summed E-state index contributed by atoms with van der Waals surface area (Å²) in [7, 11) is 0. The van der Waals surface area contributed by atoms with Crippen molar-refractivity contribution >= 4 is 50.9 Å². The highest BCUT2D eigenvalue weighted by Crippen LogP contribution is 2.28. The molecule has 2 aromatic heterocycles. The van der Waals surface area contributed by atoms with Gasteiger partial charge >= 0.3 is 0 Å². The van der Waals surface area contributed by atoms with E-state index in [1.165, 1.54) is 0 Å². The predicted octanol–water partition coefficient (Wildman–Crippen LogP) is 4.63. The summed E-state index contributed by atoms with van der Waals surface area (Å²) in [5, 5.41) is 5.19. The fourth-order valence-electron chi connectivity index (χ4n) is 2.29. The molecule has 0 saturated heterocycles. The second-order valence-corrected chi connectivity index (χ2v) is 6.11. The van der Waals surface area contributed by atoms with Crippen molar-refractivity contribution in [3.8, 4) is 5.69 Å². The van der Waals surface area contributed by atoms with Gasteiger partial charge in [0.25, 0.3) is 0 Å². The Morgan fingerprint density at radius 3 is 2.85 bits per heavy atom. The first kappa shape index (κ1) is 13.9. The summed E-state index contributed by atoms with van der Waals surface area (Å²) in [5.41, 5.74) is 3.85. The minimum atomic E-state index is 0.650. The number of fused-ring (bicyclic) bond motifs is 1. The molecule has 0 saturated carbocycles. The molecule has 1 N–H and O–H groups in total. The number of aromatic amines is 1. The summed E-state index contributed by atoms with van der Waals surface area (Å²) in [6.45, 7) is 4.82. The van der Waals surface area contributed by atoms with Crippen molar-refractivity contribution in [3.05, 3.63) is 38.2 Å². The van der Waals surface area contributed by atoms with Crippen molar-refractivity contribution in [1.29, 1.82) is 0 Å². The van der Waals surface area contributed by atoms with E-state index in [0.717, 1.165) is 33.6 Å². The summed E-state index contributed by atoms with van der Waals surface area (Å²) >= 11 is 15.0. The van der Waals surface area contributed by atoms with Gasteiger partial charge < -0.3 is 4.98 Å². The van der Waals surface area contributed by atoms with Gasteiger partial charge in [0, 0.05) is 11.0 Å². The van der Waals surface area contributed by atoms with Gasteiger partial charge in [-0.25, -0.2) is 4.68 Å². The SMILES string of the molecule is CCn1nc(C)c2[nH]c(=S)n(-c3ccc(Cl)c(Br)c3)c21. The van der Waals surface area contributed by atoms with Crippen LogP contribution in [0.25, 0.3) is 16.9 Å². The molecule has 0 atom stereocenters. The van der Waals surface area contributed by atoms with Gasteiger partial charge in [0.1, 0.15) is 5.52 Å². The highest BCUT2D eigenvalue weighted by atomic mass is 79.9. The lowest BCUT2D eigenvalue weighted by atomic mass is 10.3. The molecular formula is C13H12BrClN4S. The van der Waals surface area contributed by atoms with Gasteiger partial charge in [0.15, 0.2) is 10.4 Å². The standard InChI is InChI=1S/C13H12BrClN4S/c1-3-18-12-11(7(2)17-18)16-13(20)19(12)8-4-5-10(15)9(14)6-8/h4-6H,3H2,1-2H3,(H,16,20). The van der Waals surface area contributed by atoms with Gasteiger partial charge in [0.2, 0.25) is 0 Å². The van der Waals surface area contributed by atoms with E-state index in [9.17, 15) is 0 Å². The zero-order valence-corrected chi connectivity index (χ0v) is 14.1. The topological polar surface area (TPSA) is 38.5 Å². The molecule has 104 valence electrons. The van der Waals surface area contributed by atoms with E-state index in [1.807, 2.05) is 34.4 Å². The Labute approximate surface area is 134 Å². The van der Waals surface area contributed by atoms with E-state index in [4.69, 9.17) is 23.8 Å². The number of hydrogen-bond donors (Lipinski definition) is 1. The highest BCUT2D eigenvalue weighted by molar-refractivity contribution is 9.10. The van der Waals surface area contributed by atoms with Crippen LogP contribution in [0.1, 0.15) is 12.6 Å². The van der Waals surface area contributed by atoms with Crippen molar-refractivity contribution in [2.24, 2.45) is 0 Å². The molecule has 3 aromatic rings. The zero-order valence-electron chi connectivity index (χ0n) is 10.9. The third-order valence-corrected chi connectivity index (χ3v) is 4.71. The van der Waals surface area contributed by atoms with Crippen LogP contribution in [0, 0.1) is 11.7 Å². The molecule has 4 nitrogen and oxygen atoms in total. The van der Waals surface area contributed by atoms with E-state index in [-0.39, 0.29) is 0 Å². The first-order chi connectivity index (χ1) is 9.52. The fourth-order valence-corrected chi connectivity index (χ4v) is 3.06. The maximum atomic E-state index is 6.06. The summed E-state index contributed by atoms with van der Waals surface area (Å²) < 4.78 is 5.42. The fraction of sp³-hybridized carbons (Fsp3) is 0.231. The second kappa shape index (κ2) is 5.02. The Kier molecular flexibility index (Phi) is 3.48. The Hall–Kier alpha value is -1.11. The Morgan fingerprint density at radius 1 is 1.45 bits per heavy atom. The summed E-state index contributed by atoms with van der Waals surface area (Å²) in [5.74, 6) is 0. The van der Waals surface area contributed by atoms with Crippen molar-refractivity contribution in [3.63, 3.8) is 0 Å². The van der Waals surface area contributed by atoms with Crippen LogP contribution < -0.4 is 0 Å². The number of nitrogens with zero attached hydrogens (tertiary/aromatic N) is 3. The molecule has 0 aliphatic carbocycles. The molecule has 3 rings (SSSR count). The number of hydrogen-bond acceptors (Lipinski definition) is 2. The highest BCUT2D eigenvalue weighted by Gasteiger charge is 2.15. The van der Waals surface area contributed by atoms with Gasteiger partial charge in [-0.3, -0.25) is 4.57 Å². The van der Waals surface area contributed by atoms with Crippen LogP contribution in [0.5, 0.6) is 0 Å². The molecule has 0 amide bonds. The summed E-state index contributed by atoms with van der Waals surface area (Å²) in [6, 6.07) is 5.74. The Morgan fingerprint density at radius 2 is 2.20 bits per heavy atom. The van der Waals surface area contributed by atoms with Crippen LogP contribution in [0.15, 0.2) is 22.7 Å². The maximum Gasteiger partial charge on any atom is 0.184 e. The minimum Gasteiger partial charge on any atom is -0.327 e. The van der Waals surface area contributed by atoms with Crippen molar-refractivity contribution in [1.82, 2.24) is 19.3 Å². The zero-order chi connectivity index (χ0) is 14.4. The van der Waals surface area contributed by atoms with Crippen LogP contribution >= 0.6 is 39.7 Å². The van der Waals surface area contributed by atoms with Crippen LogP contribution in [-0.4, -0.2) is 19.3 Å². The van der Waals surface area contributed by atoms with Crippen LogP contribution in [0.2, 0.25) is 5.02 Å². The third-order valence-electron chi connectivity index (χ3n) is 3.21. The molecule has 7 heteroatoms. The largest absolute Gasteiger partial charge is 0.327 e. The monoisotopic (exact) mass is 370 g/mol. The number of aryl methyl sites for hydroxylation is 2. The van der Waals surface area contributed by atoms with Gasteiger partial charge in [0.05, 0.1) is 16.4 Å². The average molecular weight is 372 g/mol. The number of H-pyrrole nitrogens is 1. The van der Waals surface area contributed by atoms with E-state index < -0.39 is 0 Å². The van der Waals surface area contributed by atoms with E-state index in [0.29, 0.717) is 9.79 Å². The molecule has 2 heterocycles. The van der Waals surface area contributed by atoms with Gasteiger partial charge in [-0.1, -0.05) is 11.6 Å². The van der Waals surface area contributed by atoms with E-state index in [1.54, 1.807) is 0 Å². The Bertz CT molecular complexity index is 861. The van der Waals surface area contributed by atoms with Crippen molar-refractivity contribution in [2.45, 2.75) is 20.4 Å². The summed E-state index contributed by atoms with van der Waals surface area (Å²) in [4.78, 5) is 3.23. The molecule has 20 heavy (non-hydrogen) atoms. The smallest absolute Gasteiger partial charge is 0.184 e. The lowest BCUT2D eigenvalue weighted by Gasteiger charge is -2.07. The molecule has 0 bridgehead atoms. The minimum absolute atomic E-state index is 0.650. The molecule has 0 unspecified atom stereocenters. The van der Waals surface area contributed by atoms with E-state index >= 15 is 0 Å². The van der Waals surface area contributed by atoms with Gasteiger partial charge in [-0.15, -0.1) is 0 Å². The van der Waals surface area contributed by atoms with Crippen LogP contribution in [0.4, 0.5) is 0 Å². The molecule has 0 aliphatic heterocycles. The summed E-state index contributed by atoms with van der Waals surface area (Å²) in [6.07, 6.45) is 0. The molecule has 0 fully saturated rings. The molecule has 0 aliphatic rings. The third kappa shape index (κ3) is 2.03. The van der Waals surface area contributed by atoms with Gasteiger partial charge in [-0.2, -0.15) is 5.10 Å². The number of rotatable bonds is 2. The van der Waals surface area contributed by atoms with E-state index in [2.05, 4.69) is 32.9 Å². The average Bonchev–Trinajstić information content (AvgIpc) is 2.90. The number of aromatic nitrogens is 4. The number of benzene rings is 1. The number of halogens is 2. The quantitative estimate of drug-likeness (QED) is 0.667. The second-order valence-electron chi connectivity index (χ2n) is 4.46. The molecule has 1 aromatic carbocycles.